The Bertz CT molecular complexity index is 491. The molecule has 22 heavy (non-hydrogen) atoms. The number of likely N-dealkylation sites (tertiary alicyclic amines) is 1. The number of rotatable bonds is 4. The molecule has 0 radical (unpaired) electrons. The van der Waals surface area contributed by atoms with Crippen LogP contribution < -0.4 is 5.32 Å². The molecule has 2 atom stereocenters. The second-order valence-corrected chi connectivity index (χ2v) is 7.04. The SMILES string of the molecule is CC(C)(C)OC(=O)N1CC[C@H](NC[C@@](C)(O)c2ccco2)C1. The summed E-state index contributed by atoms with van der Waals surface area (Å²) in [6.45, 7) is 8.90. The van der Waals surface area contributed by atoms with Gasteiger partial charge in [0.25, 0.3) is 0 Å². The standard InChI is InChI=1S/C16H26N2O4/c1-15(2,3)22-14(19)18-8-7-12(10-18)17-11-16(4,20)13-6-5-9-21-13/h5-6,9,12,17,20H,7-8,10-11H2,1-4H3/t12-,16+/m0/s1. The number of furan rings is 1. The zero-order valence-corrected chi connectivity index (χ0v) is 13.8. The van der Waals surface area contributed by atoms with Crippen LogP contribution in [0.25, 0.3) is 0 Å². The van der Waals surface area contributed by atoms with Crippen LogP contribution in [-0.4, -0.2) is 47.4 Å². The molecule has 1 aromatic rings. The van der Waals surface area contributed by atoms with E-state index in [-0.39, 0.29) is 12.1 Å². The molecule has 2 N–H and O–H groups in total. The summed E-state index contributed by atoms with van der Waals surface area (Å²) in [5.74, 6) is 0.530. The fourth-order valence-electron chi connectivity index (χ4n) is 2.43. The van der Waals surface area contributed by atoms with Crippen LogP contribution in [0.15, 0.2) is 22.8 Å². The Labute approximate surface area is 131 Å². The smallest absolute Gasteiger partial charge is 0.410 e. The summed E-state index contributed by atoms with van der Waals surface area (Å²) >= 11 is 0. The van der Waals surface area contributed by atoms with Crippen molar-refractivity contribution in [1.82, 2.24) is 10.2 Å². The van der Waals surface area contributed by atoms with Gasteiger partial charge >= 0.3 is 6.09 Å². The average Bonchev–Trinajstić information content (AvgIpc) is 3.06. The van der Waals surface area contributed by atoms with Gasteiger partial charge in [0.2, 0.25) is 0 Å². The van der Waals surface area contributed by atoms with E-state index in [1.54, 1.807) is 30.2 Å². The van der Waals surface area contributed by atoms with Gasteiger partial charge in [-0.15, -0.1) is 0 Å². The van der Waals surface area contributed by atoms with Gasteiger partial charge in [-0.3, -0.25) is 0 Å². The number of carbonyl (C=O) groups excluding carboxylic acids is 1. The lowest BCUT2D eigenvalue weighted by Crippen LogP contribution is -2.43. The molecule has 0 bridgehead atoms. The predicted octanol–water partition coefficient (Wildman–Crippen LogP) is 2.09. The molecule has 124 valence electrons. The third-order valence-corrected chi connectivity index (χ3v) is 3.63. The van der Waals surface area contributed by atoms with Gasteiger partial charge in [0.15, 0.2) is 0 Å². The van der Waals surface area contributed by atoms with Gasteiger partial charge in [-0.25, -0.2) is 4.79 Å². The zero-order valence-electron chi connectivity index (χ0n) is 13.8. The van der Waals surface area contributed by atoms with E-state index < -0.39 is 11.2 Å². The molecule has 6 nitrogen and oxygen atoms in total. The van der Waals surface area contributed by atoms with Crippen molar-refractivity contribution in [1.29, 1.82) is 0 Å². The van der Waals surface area contributed by atoms with Crippen molar-refractivity contribution >= 4 is 6.09 Å². The van der Waals surface area contributed by atoms with Crippen LogP contribution in [0, 0.1) is 0 Å². The van der Waals surface area contributed by atoms with Crippen LogP contribution in [0.4, 0.5) is 4.79 Å². The van der Waals surface area contributed by atoms with Gasteiger partial charge in [-0.1, -0.05) is 0 Å². The minimum absolute atomic E-state index is 0.147. The molecule has 1 saturated heterocycles. The van der Waals surface area contributed by atoms with E-state index in [0.717, 1.165) is 6.42 Å². The number of amides is 1. The van der Waals surface area contributed by atoms with E-state index in [0.29, 0.717) is 25.4 Å². The quantitative estimate of drug-likeness (QED) is 0.890. The van der Waals surface area contributed by atoms with E-state index >= 15 is 0 Å². The van der Waals surface area contributed by atoms with Gasteiger partial charge in [-0.2, -0.15) is 0 Å². The highest BCUT2D eigenvalue weighted by Crippen LogP contribution is 2.21. The Morgan fingerprint density at radius 2 is 2.23 bits per heavy atom. The lowest BCUT2D eigenvalue weighted by molar-refractivity contribution is 0.0268. The van der Waals surface area contributed by atoms with E-state index in [2.05, 4.69) is 5.32 Å². The van der Waals surface area contributed by atoms with Crippen LogP contribution >= 0.6 is 0 Å². The molecule has 2 heterocycles. The third kappa shape index (κ3) is 4.48. The Balaban J connectivity index is 1.80. The fraction of sp³-hybridized carbons (Fsp3) is 0.688. The molecule has 6 heteroatoms. The highest BCUT2D eigenvalue weighted by Gasteiger charge is 2.32. The third-order valence-electron chi connectivity index (χ3n) is 3.63. The maximum atomic E-state index is 12.0. The number of carbonyl (C=O) groups is 1. The van der Waals surface area contributed by atoms with Gasteiger partial charge < -0.3 is 24.5 Å². The minimum atomic E-state index is -1.07. The average molecular weight is 310 g/mol. The molecule has 0 spiro atoms. The first-order valence-electron chi connectivity index (χ1n) is 7.65. The van der Waals surface area contributed by atoms with E-state index in [1.807, 2.05) is 20.8 Å². The van der Waals surface area contributed by atoms with Crippen molar-refractivity contribution in [2.45, 2.75) is 51.4 Å². The number of aliphatic hydroxyl groups is 1. The fourth-order valence-corrected chi connectivity index (χ4v) is 2.43. The molecule has 1 aromatic heterocycles. The van der Waals surface area contributed by atoms with Crippen molar-refractivity contribution in [3.63, 3.8) is 0 Å². The lowest BCUT2D eigenvalue weighted by atomic mass is 10.0. The first-order chi connectivity index (χ1) is 10.2. The molecule has 0 saturated carbocycles. The number of hydrogen-bond donors (Lipinski definition) is 2. The van der Waals surface area contributed by atoms with Crippen LogP contribution in [0.1, 0.15) is 39.9 Å². The minimum Gasteiger partial charge on any atom is -0.466 e. The van der Waals surface area contributed by atoms with Crippen LogP contribution in [0.2, 0.25) is 0 Å². The zero-order chi connectivity index (χ0) is 16.4. The summed E-state index contributed by atoms with van der Waals surface area (Å²) in [7, 11) is 0. The normalized spacial score (nSPS) is 21.7. The van der Waals surface area contributed by atoms with E-state index in [1.165, 1.54) is 0 Å². The highest BCUT2D eigenvalue weighted by atomic mass is 16.6. The number of nitrogens with zero attached hydrogens (tertiary/aromatic N) is 1. The largest absolute Gasteiger partial charge is 0.466 e. The molecule has 0 aromatic carbocycles. The molecule has 0 aliphatic carbocycles. The monoisotopic (exact) mass is 310 g/mol. The van der Waals surface area contributed by atoms with Crippen LogP contribution in [0.3, 0.4) is 0 Å². The van der Waals surface area contributed by atoms with Crippen molar-refractivity contribution in [3.8, 4) is 0 Å². The van der Waals surface area contributed by atoms with Crippen molar-refractivity contribution in [3.05, 3.63) is 24.2 Å². The molecule has 2 rings (SSSR count). The maximum absolute atomic E-state index is 12.0. The lowest BCUT2D eigenvalue weighted by Gasteiger charge is -2.25. The van der Waals surface area contributed by atoms with Gasteiger partial charge in [0, 0.05) is 25.7 Å². The Kier molecular flexibility index (Phi) is 4.82. The Morgan fingerprint density at radius 3 is 2.82 bits per heavy atom. The molecule has 1 aliphatic heterocycles. The summed E-state index contributed by atoms with van der Waals surface area (Å²) in [5, 5.41) is 13.7. The van der Waals surface area contributed by atoms with Crippen molar-refractivity contribution in [2.75, 3.05) is 19.6 Å². The van der Waals surface area contributed by atoms with Crippen molar-refractivity contribution in [2.24, 2.45) is 0 Å². The number of nitrogens with one attached hydrogen (secondary N) is 1. The molecule has 1 aliphatic rings. The summed E-state index contributed by atoms with van der Waals surface area (Å²) in [6.07, 6.45) is 2.10. The van der Waals surface area contributed by atoms with Gasteiger partial charge in [0.05, 0.1) is 6.26 Å². The van der Waals surface area contributed by atoms with Crippen LogP contribution in [-0.2, 0) is 10.3 Å². The summed E-state index contributed by atoms with van der Waals surface area (Å²) in [5.41, 5.74) is -1.55. The molecular formula is C16H26N2O4. The first kappa shape index (κ1) is 16.8. The van der Waals surface area contributed by atoms with Crippen molar-refractivity contribution < 1.29 is 19.1 Å². The Hall–Kier alpha value is -1.53. The Morgan fingerprint density at radius 1 is 1.50 bits per heavy atom. The molecule has 1 amide bonds. The van der Waals surface area contributed by atoms with Gasteiger partial charge in [0.1, 0.15) is 17.0 Å². The highest BCUT2D eigenvalue weighted by molar-refractivity contribution is 5.68. The molecule has 1 fully saturated rings. The van der Waals surface area contributed by atoms with Crippen LogP contribution in [0.5, 0.6) is 0 Å². The van der Waals surface area contributed by atoms with E-state index in [9.17, 15) is 9.90 Å². The molecule has 0 unspecified atom stereocenters. The first-order valence-corrected chi connectivity index (χ1v) is 7.65. The predicted molar refractivity (Wildman–Crippen MR) is 82.5 cm³/mol. The summed E-state index contributed by atoms with van der Waals surface area (Å²) in [4.78, 5) is 13.7. The number of ether oxygens (including phenoxy) is 1. The second-order valence-electron chi connectivity index (χ2n) is 7.04. The topological polar surface area (TPSA) is 74.9 Å². The summed E-state index contributed by atoms with van der Waals surface area (Å²) in [6, 6.07) is 3.65. The van der Waals surface area contributed by atoms with E-state index in [4.69, 9.17) is 9.15 Å². The van der Waals surface area contributed by atoms with Gasteiger partial charge in [-0.05, 0) is 46.2 Å². The number of hydrogen-bond acceptors (Lipinski definition) is 5. The summed E-state index contributed by atoms with van der Waals surface area (Å²) < 4.78 is 10.6. The second kappa shape index (κ2) is 6.30. The molecular weight excluding hydrogens is 284 g/mol. The maximum Gasteiger partial charge on any atom is 0.410 e.